The molecule has 1 fully saturated rings. The highest BCUT2D eigenvalue weighted by Crippen LogP contribution is 2.36. The number of sulfonamides is 1. The van der Waals surface area contributed by atoms with E-state index in [4.69, 9.17) is 4.74 Å². The van der Waals surface area contributed by atoms with E-state index >= 15 is 0 Å². The lowest BCUT2D eigenvalue weighted by Crippen LogP contribution is -2.36. The molecule has 28 heavy (non-hydrogen) atoms. The molecule has 8 nitrogen and oxygen atoms in total. The normalized spacial score (nSPS) is 17.5. The van der Waals surface area contributed by atoms with Crippen LogP contribution in [0.4, 0.5) is 9.93 Å². The molecule has 1 atom stereocenters. The summed E-state index contributed by atoms with van der Waals surface area (Å²) in [5, 5.41) is 8.86. The van der Waals surface area contributed by atoms with E-state index in [0.29, 0.717) is 17.1 Å². The Hall–Kier alpha value is -2.20. The van der Waals surface area contributed by atoms with Crippen LogP contribution >= 0.6 is 11.3 Å². The number of hydrogen-bond acceptors (Lipinski definition) is 7. The predicted molar refractivity (Wildman–Crippen MR) is 108 cm³/mol. The van der Waals surface area contributed by atoms with Crippen LogP contribution < -0.4 is 4.72 Å². The fourth-order valence-electron chi connectivity index (χ4n) is 2.94. The summed E-state index contributed by atoms with van der Waals surface area (Å²) in [5.41, 5.74) is 0.107. The van der Waals surface area contributed by atoms with Gasteiger partial charge >= 0.3 is 6.09 Å². The molecular weight excluding hydrogens is 400 g/mol. The van der Waals surface area contributed by atoms with E-state index in [1.54, 1.807) is 29.2 Å². The van der Waals surface area contributed by atoms with Crippen LogP contribution in [0.15, 0.2) is 30.3 Å². The van der Waals surface area contributed by atoms with Crippen LogP contribution in [0, 0.1) is 0 Å². The van der Waals surface area contributed by atoms with Crippen LogP contribution in [-0.4, -0.2) is 41.8 Å². The van der Waals surface area contributed by atoms with Crippen molar-refractivity contribution in [3.05, 3.63) is 40.9 Å². The summed E-state index contributed by atoms with van der Waals surface area (Å²) < 4.78 is 32.7. The quantitative estimate of drug-likeness (QED) is 0.788. The van der Waals surface area contributed by atoms with E-state index in [0.717, 1.165) is 24.2 Å². The monoisotopic (exact) mass is 424 g/mol. The van der Waals surface area contributed by atoms with Crippen LogP contribution in [0.25, 0.3) is 0 Å². The second kappa shape index (κ2) is 8.04. The molecule has 1 saturated heterocycles. The minimum atomic E-state index is -3.60. The Balaban J connectivity index is 1.68. The Bertz CT molecular complexity index is 923. The highest BCUT2D eigenvalue weighted by molar-refractivity contribution is 7.92. The molecular formula is C18H24N4O4S2. The number of likely N-dealkylation sites (tertiary alicyclic amines) is 1. The van der Waals surface area contributed by atoms with Gasteiger partial charge in [-0.1, -0.05) is 41.7 Å². The summed E-state index contributed by atoms with van der Waals surface area (Å²) in [4.78, 5) is 14.1. The minimum Gasteiger partial charge on any atom is -0.444 e. The highest BCUT2D eigenvalue weighted by atomic mass is 32.2. The average molecular weight is 425 g/mol. The van der Waals surface area contributed by atoms with E-state index < -0.39 is 21.7 Å². The van der Waals surface area contributed by atoms with Crippen LogP contribution in [0.3, 0.4) is 0 Å². The summed E-state index contributed by atoms with van der Waals surface area (Å²) in [5.74, 6) is -0.143. The van der Waals surface area contributed by atoms with Gasteiger partial charge in [0.25, 0.3) is 0 Å². The maximum absolute atomic E-state index is 12.4. The number of hydrogen-bond donors (Lipinski definition) is 1. The van der Waals surface area contributed by atoms with Crippen molar-refractivity contribution in [2.75, 3.05) is 11.3 Å². The van der Waals surface area contributed by atoms with E-state index in [1.807, 2.05) is 26.8 Å². The van der Waals surface area contributed by atoms with Crippen molar-refractivity contribution in [3.63, 3.8) is 0 Å². The molecule has 152 valence electrons. The molecule has 1 amide bonds. The Morgan fingerprint density at radius 2 is 2.00 bits per heavy atom. The van der Waals surface area contributed by atoms with Gasteiger partial charge < -0.3 is 4.74 Å². The summed E-state index contributed by atoms with van der Waals surface area (Å²) in [6.07, 6.45) is 1.18. The fraction of sp³-hybridized carbons (Fsp3) is 0.500. The zero-order valence-electron chi connectivity index (χ0n) is 16.1. The van der Waals surface area contributed by atoms with Gasteiger partial charge in [0.2, 0.25) is 15.2 Å². The number of carbonyl (C=O) groups is 1. The number of aromatic nitrogens is 2. The maximum atomic E-state index is 12.4. The van der Waals surface area contributed by atoms with Crippen LogP contribution in [0.1, 0.15) is 50.2 Å². The number of carbonyl (C=O) groups excluding carboxylic acids is 1. The highest BCUT2D eigenvalue weighted by Gasteiger charge is 2.35. The number of anilines is 1. The van der Waals surface area contributed by atoms with Gasteiger partial charge in [0.05, 0.1) is 11.8 Å². The van der Waals surface area contributed by atoms with Crippen molar-refractivity contribution in [1.29, 1.82) is 0 Å². The van der Waals surface area contributed by atoms with Gasteiger partial charge in [-0.15, -0.1) is 10.2 Å². The van der Waals surface area contributed by atoms with E-state index in [-0.39, 0.29) is 16.9 Å². The molecule has 0 spiro atoms. The average Bonchev–Trinajstić information content (AvgIpc) is 3.22. The molecule has 10 heteroatoms. The molecule has 0 radical (unpaired) electrons. The predicted octanol–water partition coefficient (Wildman–Crippen LogP) is 3.55. The first-order valence-electron chi connectivity index (χ1n) is 9.00. The Kier molecular flexibility index (Phi) is 5.90. The Labute approximate surface area is 169 Å². The zero-order valence-corrected chi connectivity index (χ0v) is 17.7. The van der Waals surface area contributed by atoms with Crippen LogP contribution in [-0.2, 0) is 20.5 Å². The number of benzene rings is 1. The molecule has 1 aliphatic rings. The zero-order chi connectivity index (χ0) is 20.4. The lowest BCUT2D eigenvalue weighted by Gasteiger charge is -2.27. The van der Waals surface area contributed by atoms with Crippen molar-refractivity contribution in [2.45, 2.75) is 51.0 Å². The first kappa shape index (κ1) is 20.5. The molecule has 1 N–H and O–H groups in total. The standard InChI is InChI=1S/C18H24N4O4S2/c1-18(2,3)26-17(23)22-11-7-10-14(22)15-19-20-16(27-15)21-28(24,25)12-13-8-5-4-6-9-13/h4-6,8-9,14H,7,10-12H2,1-3H3,(H,20,21). The van der Waals surface area contributed by atoms with Gasteiger partial charge in [-0.25, -0.2) is 13.2 Å². The third-order valence-electron chi connectivity index (χ3n) is 4.05. The van der Waals surface area contributed by atoms with E-state index in [9.17, 15) is 13.2 Å². The van der Waals surface area contributed by atoms with Crippen molar-refractivity contribution in [3.8, 4) is 0 Å². The number of nitrogens with zero attached hydrogens (tertiary/aromatic N) is 3. The Morgan fingerprint density at radius 3 is 2.68 bits per heavy atom. The summed E-state index contributed by atoms with van der Waals surface area (Å²) in [6, 6.07) is 8.67. The SMILES string of the molecule is CC(C)(C)OC(=O)N1CCCC1c1nnc(NS(=O)(=O)Cc2ccccc2)s1. The van der Waals surface area contributed by atoms with Gasteiger partial charge in [-0.3, -0.25) is 9.62 Å². The van der Waals surface area contributed by atoms with Crippen molar-refractivity contribution < 1.29 is 17.9 Å². The summed E-state index contributed by atoms with van der Waals surface area (Å²) in [7, 11) is -3.60. The molecule has 2 aromatic rings. The third kappa shape index (κ3) is 5.41. The second-order valence-corrected chi connectivity index (χ2v) is 10.4. The van der Waals surface area contributed by atoms with E-state index in [1.165, 1.54) is 0 Å². The first-order chi connectivity index (χ1) is 13.1. The largest absolute Gasteiger partial charge is 0.444 e. The summed E-state index contributed by atoms with van der Waals surface area (Å²) in [6.45, 7) is 6.04. The molecule has 3 rings (SSSR count). The molecule has 1 aromatic heterocycles. The van der Waals surface area contributed by atoms with Crippen molar-refractivity contribution in [2.24, 2.45) is 0 Å². The summed E-state index contributed by atoms with van der Waals surface area (Å²) >= 11 is 1.14. The van der Waals surface area contributed by atoms with E-state index in [2.05, 4.69) is 14.9 Å². The number of amides is 1. The maximum Gasteiger partial charge on any atom is 0.410 e. The molecule has 1 aliphatic heterocycles. The number of ether oxygens (including phenoxy) is 1. The third-order valence-corrected chi connectivity index (χ3v) is 6.34. The molecule has 0 bridgehead atoms. The second-order valence-electron chi connectivity index (χ2n) is 7.62. The van der Waals surface area contributed by atoms with Crippen molar-refractivity contribution in [1.82, 2.24) is 15.1 Å². The molecule has 0 saturated carbocycles. The number of nitrogens with one attached hydrogen (secondary N) is 1. The van der Waals surface area contributed by atoms with Crippen LogP contribution in [0.5, 0.6) is 0 Å². The molecule has 1 unspecified atom stereocenters. The van der Waals surface area contributed by atoms with Crippen molar-refractivity contribution >= 4 is 32.6 Å². The number of rotatable bonds is 5. The van der Waals surface area contributed by atoms with Gasteiger partial charge in [0, 0.05) is 6.54 Å². The van der Waals surface area contributed by atoms with Crippen LogP contribution in [0.2, 0.25) is 0 Å². The van der Waals surface area contributed by atoms with Gasteiger partial charge in [-0.2, -0.15) is 0 Å². The first-order valence-corrected chi connectivity index (χ1v) is 11.5. The van der Waals surface area contributed by atoms with Gasteiger partial charge in [0.1, 0.15) is 10.6 Å². The topological polar surface area (TPSA) is 101 Å². The smallest absolute Gasteiger partial charge is 0.410 e. The minimum absolute atomic E-state index is 0.143. The lowest BCUT2D eigenvalue weighted by molar-refractivity contribution is 0.0224. The molecule has 0 aliphatic carbocycles. The Morgan fingerprint density at radius 1 is 1.29 bits per heavy atom. The van der Waals surface area contributed by atoms with Gasteiger partial charge in [0.15, 0.2) is 0 Å². The van der Waals surface area contributed by atoms with Gasteiger partial charge in [-0.05, 0) is 39.2 Å². The molecule has 1 aromatic carbocycles. The fourth-order valence-corrected chi connectivity index (χ4v) is 5.24. The lowest BCUT2D eigenvalue weighted by atomic mass is 10.2. The molecule has 2 heterocycles.